The Morgan fingerprint density at radius 3 is 2.09 bits per heavy atom. The summed E-state index contributed by atoms with van der Waals surface area (Å²) in [7, 11) is 4.18. The van der Waals surface area contributed by atoms with Gasteiger partial charge in [-0.25, -0.2) is 4.98 Å². The van der Waals surface area contributed by atoms with Crippen LogP contribution in [0.2, 0.25) is 0 Å². The van der Waals surface area contributed by atoms with Crippen molar-refractivity contribution in [2.24, 2.45) is 0 Å². The minimum Gasteiger partial charge on any atom is -0.507 e. The maximum atomic E-state index is 13.6. The minimum atomic E-state index is -0.304. The van der Waals surface area contributed by atoms with Crippen LogP contribution in [0.3, 0.4) is 0 Å². The quantitative estimate of drug-likeness (QED) is 0.346. The van der Waals surface area contributed by atoms with Crippen molar-refractivity contribution in [1.29, 1.82) is 0 Å². The fraction of sp³-hybridized carbons (Fsp3) is 0.571. The molecule has 0 spiro atoms. The molecule has 0 fully saturated rings. The summed E-state index contributed by atoms with van der Waals surface area (Å²) in [4.78, 5) is 20.1. The van der Waals surface area contributed by atoms with Crippen LogP contribution in [0.4, 0.5) is 0 Å². The van der Waals surface area contributed by atoms with Crippen LogP contribution in [0, 0.1) is 0 Å². The zero-order valence-corrected chi connectivity index (χ0v) is 21.8. The smallest absolute Gasteiger partial charge is 0.224 e. The van der Waals surface area contributed by atoms with Crippen LogP contribution in [0.25, 0.3) is 0 Å². The van der Waals surface area contributed by atoms with E-state index in [2.05, 4.69) is 24.0 Å². The van der Waals surface area contributed by atoms with Gasteiger partial charge in [0.1, 0.15) is 5.75 Å². The summed E-state index contributed by atoms with van der Waals surface area (Å²) in [5, 5.41) is 11.0. The number of phenols is 1. The van der Waals surface area contributed by atoms with Gasteiger partial charge in [-0.3, -0.25) is 4.79 Å². The Bertz CT molecular complexity index is 902. The molecule has 1 N–H and O–H groups in total. The molecule has 1 heterocycles. The Morgan fingerprint density at radius 1 is 0.970 bits per heavy atom. The molecule has 0 radical (unpaired) electrons. The van der Waals surface area contributed by atoms with Crippen LogP contribution in [-0.2, 0) is 10.8 Å². The van der Waals surface area contributed by atoms with E-state index in [4.69, 9.17) is 4.74 Å². The SMILES string of the molecule is CN(C)CCCCCCOc1ncccc1C(=O)c1cc(C(C)(C)C)c(O)c(C(C)(C)C)c1. The van der Waals surface area contributed by atoms with Crippen LogP contribution in [0.1, 0.15) is 94.3 Å². The largest absolute Gasteiger partial charge is 0.507 e. The molecule has 0 unspecified atom stereocenters. The van der Waals surface area contributed by atoms with E-state index in [-0.39, 0.29) is 22.4 Å². The highest BCUT2D eigenvalue weighted by atomic mass is 16.5. The number of unbranched alkanes of at least 4 members (excludes halogenated alkanes) is 3. The van der Waals surface area contributed by atoms with E-state index in [1.54, 1.807) is 18.3 Å². The number of aromatic hydroxyl groups is 1. The van der Waals surface area contributed by atoms with Crippen LogP contribution >= 0.6 is 0 Å². The molecular weight excluding hydrogens is 412 g/mol. The van der Waals surface area contributed by atoms with Gasteiger partial charge in [0, 0.05) is 22.9 Å². The summed E-state index contributed by atoms with van der Waals surface area (Å²) in [6.45, 7) is 13.9. The number of aromatic nitrogens is 1. The van der Waals surface area contributed by atoms with E-state index in [1.165, 1.54) is 6.42 Å². The fourth-order valence-corrected chi connectivity index (χ4v) is 3.80. The fourth-order valence-electron chi connectivity index (χ4n) is 3.80. The summed E-state index contributed by atoms with van der Waals surface area (Å²) in [6.07, 6.45) is 6.01. The number of pyridine rings is 1. The molecule has 2 rings (SSSR count). The molecule has 1 aromatic carbocycles. The normalized spacial score (nSPS) is 12.3. The molecule has 5 heteroatoms. The van der Waals surface area contributed by atoms with Gasteiger partial charge in [0.05, 0.1) is 12.2 Å². The Hall–Kier alpha value is -2.40. The molecular formula is C28H42N2O3. The Kier molecular flexibility index (Phi) is 9.07. The topological polar surface area (TPSA) is 62.7 Å². The number of carbonyl (C=O) groups is 1. The van der Waals surface area contributed by atoms with Crippen LogP contribution in [0.15, 0.2) is 30.5 Å². The van der Waals surface area contributed by atoms with Crippen molar-refractivity contribution in [1.82, 2.24) is 9.88 Å². The number of carbonyl (C=O) groups excluding carboxylic acids is 1. The first-order valence-electron chi connectivity index (χ1n) is 12.0. The number of ketones is 1. The highest BCUT2D eigenvalue weighted by molar-refractivity contribution is 6.10. The maximum absolute atomic E-state index is 13.6. The van der Waals surface area contributed by atoms with E-state index >= 15 is 0 Å². The highest BCUT2D eigenvalue weighted by Gasteiger charge is 2.28. The van der Waals surface area contributed by atoms with E-state index in [1.807, 2.05) is 53.7 Å². The van der Waals surface area contributed by atoms with E-state index < -0.39 is 0 Å². The first kappa shape index (κ1) is 26.8. The molecule has 1 aromatic heterocycles. The third kappa shape index (κ3) is 7.56. The van der Waals surface area contributed by atoms with Crippen molar-refractivity contribution in [3.8, 4) is 11.6 Å². The number of benzene rings is 1. The Morgan fingerprint density at radius 2 is 1.55 bits per heavy atom. The maximum Gasteiger partial charge on any atom is 0.224 e. The molecule has 182 valence electrons. The first-order valence-corrected chi connectivity index (χ1v) is 12.0. The van der Waals surface area contributed by atoms with Crippen molar-refractivity contribution in [2.45, 2.75) is 78.1 Å². The molecule has 0 saturated carbocycles. The molecule has 0 aliphatic heterocycles. The molecule has 0 aliphatic rings. The Balaban J connectivity index is 2.25. The minimum absolute atomic E-state index is 0.139. The van der Waals surface area contributed by atoms with E-state index in [0.717, 1.165) is 36.9 Å². The third-order valence-corrected chi connectivity index (χ3v) is 5.74. The second-order valence-electron chi connectivity index (χ2n) is 11.2. The van der Waals surface area contributed by atoms with E-state index in [0.29, 0.717) is 23.6 Å². The van der Waals surface area contributed by atoms with Gasteiger partial charge in [-0.15, -0.1) is 0 Å². The van der Waals surface area contributed by atoms with E-state index in [9.17, 15) is 9.90 Å². The summed E-state index contributed by atoms with van der Waals surface area (Å²) in [6, 6.07) is 7.15. The number of phenolic OH excluding ortho intramolecular Hbond substituents is 1. The molecule has 0 amide bonds. The zero-order valence-electron chi connectivity index (χ0n) is 21.8. The van der Waals surface area contributed by atoms with Gasteiger partial charge in [-0.05, 0) is 68.6 Å². The lowest BCUT2D eigenvalue weighted by Gasteiger charge is -2.28. The lowest BCUT2D eigenvalue weighted by Crippen LogP contribution is -2.19. The van der Waals surface area contributed by atoms with Gasteiger partial charge in [0.15, 0.2) is 5.78 Å². The van der Waals surface area contributed by atoms with Gasteiger partial charge in [0.2, 0.25) is 5.88 Å². The Labute approximate surface area is 200 Å². The van der Waals surface area contributed by atoms with Crippen LogP contribution < -0.4 is 4.74 Å². The predicted octanol–water partition coefficient (Wildman–Crippen LogP) is 6.11. The average Bonchev–Trinajstić information content (AvgIpc) is 2.71. The summed E-state index contributed by atoms with van der Waals surface area (Å²) < 4.78 is 5.93. The van der Waals surface area contributed by atoms with Crippen molar-refractivity contribution in [2.75, 3.05) is 27.2 Å². The average molecular weight is 455 g/mol. The second-order valence-corrected chi connectivity index (χ2v) is 11.2. The van der Waals surface area contributed by atoms with Crippen molar-refractivity contribution in [3.05, 3.63) is 52.7 Å². The number of rotatable bonds is 10. The van der Waals surface area contributed by atoms with Gasteiger partial charge >= 0.3 is 0 Å². The monoisotopic (exact) mass is 454 g/mol. The molecule has 0 bridgehead atoms. The third-order valence-electron chi connectivity index (χ3n) is 5.74. The number of ether oxygens (including phenoxy) is 1. The van der Waals surface area contributed by atoms with Crippen molar-refractivity contribution >= 4 is 5.78 Å². The molecule has 0 aliphatic carbocycles. The number of hydrogen-bond acceptors (Lipinski definition) is 5. The molecule has 0 saturated heterocycles. The summed E-state index contributed by atoms with van der Waals surface area (Å²) in [5.41, 5.74) is 1.92. The zero-order chi connectivity index (χ0) is 24.8. The summed E-state index contributed by atoms with van der Waals surface area (Å²) >= 11 is 0. The van der Waals surface area contributed by atoms with Crippen molar-refractivity contribution < 1.29 is 14.6 Å². The van der Waals surface area contributed by atoms with Gasteiger partial charge in [-0.2, -0.15) is 0 Å². The van der Waals surface area contributed by atoms with Crippen LogP contribution in [0.5, 0.6) is 11.6 Å². The standard InChI is InChI=1S/C28H42N2O3/c1-27(2,3)22-18-20(19-23(25(22)32)28(4,5)6)24(31)21-14-13-15-29-26(21)33-17-12-10-9-11-16-30(7)8/h13-15,18-19,32H,9-12,16-17H2,1-8H3. The predicted molar refractivity (Wildman–Crippen MR) is 136 cm³/mol. The molecule has 5 nitrogen and oxygen atoms in total. The molecule has 2 aromatic rings. The first-order chi connectivity index (χ1) is 15.3. The second kappa shape index (κ2) is 11.1. The lowest BCUT2D eigenvalue weighted by atomic mass is 9.78. The number of nitrogens with zero attached hydrogens (tertiary/aromatic N) is 2. The molecule has 33 heavy (non-hydrogen) atoms. The number of hydrogen-bond donors (Lipinski definition) is 1. The van der Waals surface area contributed by atoms with Gasteiger partial charge < -0.3 is 14.7 Å². The van der Waals surface area contributed by atoms with Gasteiger partial charge in [0.25, 0.3) is 0 Å². The lowest BCUT2D eigenvalue weighted by molar-refractivity contribution is 0.103. The van der Waals surface area contributed by atoms with Crippen LogP contribution in [-0.4, -0.2) is 48.0 Å². The highest BCUT2D eigenvalue weighted by Crippen LogP contribution is 2.40. The van der Waals surface area contributed by atoms with Crippen molar-refractivity contribution in [3.63, 3.8) is 0 Å². The molecule has 0 atom stereocenters. The summed E-state index contributed by atoms with van der Waals surface area (Å²) in [5.74, 6) is 0.502. The van der Waals surface area contributed by atoms with Gasteiger partial charge in [-0.1, -0.05) is 54.4 Å².